The topological polar surface area (TPSA) is 54.3 Å². The van der Waals surface area contributed by atoms with E-state index in [4.69, 9.17) is 4.98 Å². The van der Waals surface area contributed by atoms with Crippen molar-refractivity contribution in [2.45, 2.75) is 33.7 Å². The SMILES string of the molecule is CCN(CC)CCN(C(=O)c1ccnn1C(C)C)c1nc2ccccc2s1. The molecule has 0 fully saturated rings. The molecule has 0 N–H and O–H groups in total. The van der Waals surface area contributed by atoms with Crippen LogP contribution in [0, 0.1) is 0 Å². The average molecular weight is 386 g/mol. The fraction of sp³-hybridized carbons (Fsp3) is 0.450. The highest BCUT2D eigenvalue weighted by molar-refractivity contribution is 7.22. The van der Waals surface area contributed by atoms with Crippen LogP contribution in [0.4, 0.5) is 5.13 Å². The smallest absolute Gasteiger partial charge is 0.278 e. The molecule has 0 atom stereocenters. The van der Waals surface area contributed by atoms with E-state index in [2.05, 4.69) is 23.8 Å². The third-order valence-electron chi connectivity index (χ3n) is 4.67. The van der Waals surface area contributed by atoms with Crippen LogP contribution < -0.4 is 4.90 Å². The average Bonchev–Trinajstić information content (AvgIpc) is 3.31. The number of hydrogen-bond donors (Lipinski definition) is 0. The number of likely N-dealkylation sites (N-methyl/N-ethyl adjacent to an activating group) is 1. The molecular formula is C20H27N5OS. The molecule has 0 aliphatic rings. The molecule has 0 aliphatic carbocycles. The van der Waals surface area contributed by atoms with Gasteiger partial charge in [-0.05, 0) is 45.1 Å². The van der Waals surface area contributed by atoms with Crippen molar-refractivity contribution in [2.24, 2.45) is 0 Å². The van der Waals surface area contributed by atoms with Gasteiger partial charge in [-0.2, -0.15) is 5.10 Å². The zero-order chi connectivity index (χ0) is 19.4. The van der Waals surface area contributed by atoms with Gasteiger partial charge in [-0.25, -0.2) is 4.98 Å². The van der Waals surface area contributed by atoms with E-state index in [0.717, 1.165) is 35.0 Å². The van der Waals surface area contributed by atoms with E-state index in [1.807, 2.05) is 38.1 Å². The van der Waals surface area contributed by atoms with E-state index in [9.17, 15) is 4.79 Å². The molecule has 1 amide bonds. The van der Waals surface area contributed by atoms with Crippen LogP contribution in [0.25, 0.3) is 10.2 Å². The fourth-order valence-corrected chi connectivity index (χ4v) is 4.06. The molecule has 3 aromatic rings. The second-order valence-corrected chi connectivity index (χ2v) is 7.71. The fourth-order valence-electron chi connectivity index (χ4n) is 3.07. The molecule has 3 rings (SSSR count). The van der Waals surface area contributed by atoms with Crippen molar-refractivity contribution in [3.8, 4) is 0 Å². The number of fused-ring (bicyclic) bond motifs is 1. The first-order chi connectivity index (χ1) is 13.0. The normalized spacial score (nSPS) is 11.6. The third-order valence-corrected chi connectivity index (χ3v) is 5.73. The van der Waals surface area contributed by atoms with Gasteiger partial charge in [0, 0.05) is 25.3 Å². The summed E-state index contributed by atoms with van der Waals surface area (Å²) >= 11 is 1.56. The molecule has 0 aliphatic heterocycles. The summed E-state index contributed by atoms with van der Waals surface area (Å²) in [6.45, 7) is 11.7. The van der Waals surface area contributed by atoms with E-state index in [0.29, 0.717) is 12.2 Å². The van der Waals surface area contributed by atoms with Crippen molar-refractivity contribution >= 4 is 32.6 Å². The zero-order valence-corrected chi connectivity index (χ0v) is 17.2. The van der Waals surface area contributed by atoms with Gasteiger partial charge in [-0.3, -0.25) is 14.4 Å². The van der Waals surface area contributed by atoms with Crippen LogP contribution in [0.1, 0.15) is 44.2 Å². The van der Waals surface area contributed by atoms with E-state index < -0.39 is 0 Å². The lowest BCUT2D eigenvalue weighted by molar-refractivity contribution is 0.0971. The first-order valence-corrected chi connectivity index (χ1v) is 10.3. The minimum absolute atomic E-state index is 0.0487. The number of aromatic nitrogens is 3. The number of nitrogens with zero attached hydrogens (tertiary/aromatic N) is 5. The molecule has 6 nitrogen and oxygen atoms in total. The van der Waals surface area contributed by atoms with Gasteiger partial charge < -0.3 is 4.90 Å². The van der Waals surface area contributed by atoms with E-state index in [-0.39, 0.29) is 11.9 Å². The molecule has 0 radical (unpaired) electrons. The molecule has 144 valence electrons. The Balaban J connectivity index is 1.95. The van der Waals surface area contributed by atoms with Crippen molar-refractivity contribution in [3.63, 3.8) is 0 Å². The lowest BCUT2D eigenvalue weighted by Gasteiger charge is -2.25. The highest BCUT2D eigenvalue weighted by Gasteiger charge is 2.25. The van der Waals surface area contributed by atoms with Gasteiger partial charge in [0.2, 0.25) is 0 Å². The molecule has 0 spiro atoms. The van der Waals surface area contributed by atoms with Gasteiger partial charge in [-0.1, -0.05) is 37.3 Å². The number of thiazole rings is 1. The number of carbonyl (C=O) groups is 1. The summed E-state index contributed by atoms with van der Waals surface area (Å²) in [5.74, 6) is -0.0487. The van der Waals surface area contributed by atoms with Gasteiger partial charge in [-0.15, -0.1) is 0 Å². The van der Waals surface area contributed by atoms with Crippen molar-refractivity contribution in [1.82, 2.24) is 19.7 Å². The quantitative estimate of drug-likeness (QED) is 0.587. The molecule has 2 heterocycles. The second-order valence-electron chi connectivity index (χ2n) is 6.70. The van der Waals surface area contributed by atoms with Gasteiger partial charge >= 0.3 is 0 Å². The van der Waals surface area contributed by atoms with Crippen LogP contribution >= 0.6 is 11.3 Å². The summed E-state index contributed by atoms with van der Waals surface area (Å²) in [5, 5.41) is 5.07. The number of para-hydroxylation sites is 1. The molecule has 7 heteroatoms. The molecule has 0 bridgehead atoms. The first kappa shape index (κ1) is 19.5. The Bertz CT molecular complexity index is 864. The minimum atomic E-state index is -0.0487. The maximum absolute atomic E-state index is 13.4. The Labute approximate surface area is 164 Å². The van der Waals surface area contributed by atoms with Gasteiger partial charge in [0.1, 0.15) is 5.69 Å². The largest absolute Gasteiger partial charge is 0.302 e. The van der Waals surface area contributed by atoms with Crippen LogP contribution in [0.15, 0.2) is 36.5 Å². The predicted octanol–water partition coefficient (Wildman–Crippen LogP) is 4.06. The number of benzene rings is 1. The monoisotopic (exact) mass is 385 g/mol. The molecule has 0 unspecified atom stereocenters. The lowest BCUT2D eigenvalue weighted by Crippen LogP contribution is -2.39. The first-order valence-electron chi connectivity index (χ1n) is 9.48. The van der Waals surface area contributed by atoms with Crippen molar-refractivity contribution < 1.29 is 4.79 Å². The van der Waals surface area contributed by atoms with Crippen molar-refractivity contribution in [3.05, 3.63) is 42.2 Å². The number of carbonyl (C=O) groups excluding carboxylic acids is 1. The highest BCUT2D eigenvalue weighted by atomic mass is 32.1. The summed E-state index contributed by atoms with van der Waals surface area (Å²) in [6, 6.07) is 9.92. The maximum atomic E-state index is 13.4. The number of rotatable bonds is 8. The minimum Gasteiger partial charge on any atom is -0.302 e. The summed E-state index contributed by atoms with van der Waals surface area (Å²) < 4.78 is 2.87. The van der Waals surface area contributed by atoms with Crippen LogP contribution in [0.3, 0.4) is 0 Å². The van der Waals surface area contributed by atoms with Crippen LogP contribution in [0.2, 0.25) is 0 Å². The summed E-state index contributed by atoms with van der Waals surface area (Å²) in [7, 11) is 0. The standard InChI is InChI=1S/C20H27N5OS/c1-5-23(6-2)13-14-24(19(26)17-11-12-21-25(17)15(3)4)20-22-16-9-7-8-10-18(16)27-20/h7-12,15H,5-6,13-14H2,1-4H3. The van der Waals surface area contributed by atoms with Crippen molar-refractivity contribution in [2.75, 3.05) is 31.1 Å². The highest BCUT2D eigenvalue weighted by Crippen LogP contribution is 2.29. The van der Waals surface area contributed by atoms with Crippen LogP contribution in [-0.2, 0) is 0 Å². The summed E-state index contributed by atoms with van der Waals surface area (Å²) in [4.78, 5) is 22.3. The Hall–Kier alpha value is -2.25. The van der Waals surface area contributed by atoms with Crippen LogP contribution in [0.5, 0.6) is 0 Å². The molecule has 2 aromatic heterocycles. The molecule has 0 saturated heterocycles. The number of anilines is 1. The second kappa shape index (κ2) is 8.63. The van der Waals surface area contributed by atoms with Gasteiger partial charge in [0.15, 0.2) is 5.13 Å². The zero-order valence-electron chi connectivity index (χ0n) is 16.4. The van der Waals surface area contributed by atoms with Crippen LogP contribution in [-0.4, -0.2) is 51.8 Å². The van der Waals surface area contributed by atoms with Gasteiger partial charge in [0.25, 0.3) is 5.91 Å². The Kier molecular flexibility index (Phi) is 6.23. The molecule has 27 heavy (non-hydrogen) atoms. The molecule has 1 aromatic carbocycles. The lowest BCUT2D eigenvalue weighted by atomic mass is 10.3. The van der Waals surface area contributed by atoms with E-state index in [1.54, 1.807) is 33.2 Å². The molecule has 0 saturated carbocycles. The predicted molar refractivity (Wildman–Crippen MR) is 112 cm³/mol. The van der Waals surface area contributed by atoms with E-state index in [1.165, 1.54) is 0 Å². The Morgan fingerprint density at radius 2 is 1.89 bits per heavy atom. The number of amides is 1. The summed E-state index contributed by atoms with van der Waals surface area (Å²) in [6.07, 6.45) is 1.69. The van der Waals surface area contributed by atoms with E-state index >= 15 is 0 Å². The summed E-state index contributed by atoms with van der Waals surface area (Å²) in [5.41, 5.74) is 1.53. The Morgan fingerprint density at radius 3 is 2.56 bits per heavy atom. The van der Waals surface area contributed by atoms with Crippen molar-refractivity contribution in [1.29, 1.82) is 0 Å². The number of hydrogen-bond acceptors (Lipinski definition) is 5. The maximum Gasteiger partial charge on any atom is 0.278 e. The Morgan fingerprint density at radius 1 is 1.15 bits per heavy atom. The third kappa shape index (κ3) is 4.20. The molecular weight excluding hydrogens is 358 g/mol. The van der Waals surface area contributed by atoms with Gasteiger partial charge in [0.05, 0.1) is 10.2 Å².